The minimum atomic E-state index is -4.46. The second kappa shape index (κ2) is 14.1. The number of ether oxygens (including phenoxy) is 1. The molecule has 0 spiro atoms. The zero-order valence-electron chi connectivity index (χ0n) is 29.1. The standard InChI is InChI=1S/C39H42F3N5O4S/c1-25-8-6-9-26(2)35(25)33-21-34-45-37(44-33)46-52(49,50)32-13-7-12-28(20-32)36(48)47(31(24-51-34)22-38(18-19-38)39(40,41)42)30-16-14-29(15-17-30)43-23-27-10-4-3-5-11-27/h3-13,20-21,29-31,43H,14-19,22-24H2,1-2H3,(H,44,45,46)/t29?,30?,31-/m1/s1. The summed E-state index contributed by atoms with van der Waals surface area (Å²) in [6.45, 7) is 4.22. The number of halogens is 3. The van der Waals surface area contributed by atoms with Crippen molar-refractivity contribution in [1.82, 2.24) is 20.2 Å². The van der Waals surface area contributed by atoms with E-state index < -0.39 is 39.6 Å². The minimum Gasteiger partial charge on any atom is -0.475 e. The molecule has 2 aliphatic carbocycles. The molecule has 7 rings (SSSR count). The van der Waals surface area contributed by atoms with Gasteiger partial charge in [-0.25, -0.2) is 18.1 Å². The Morgan fingerprint density at radius 3 is 2.29 bits per heavy atom. The van der Waals surface area contributed by atoms with E-state index in [9.17, 15) is 26.4 Å². The molecule has 2 N–H and O–H groups in total. The van der Waals surface area contributed by atoms with Crippen LogP contribution < -0.4 is 14.8 Å². The summed E-state index contributed by atoms with van der Waals surface area (Å²) in [5, 5.41) is 3.59. The van der Waals surface area contributed by atoms with Crippen LogP contribution in [0.25, 0.3) is 11.3 Å². The second-order valence-electron chi connectivity index (χ2n) is 14.3. The maximum atomic E-state index is 14.6. The number of fused-ring (bicyclic) bond motifs is 4. The number of benzene rings is 3. The molecular formula is C39H42F3N5O4S. The number of aryl methyl sites for hydroxylation is 2. The van der Waals surface area contributed by atoms with E-state index in [0.29, 0.717) is 37.9 Å². The maximum absolute atomic E-state index is 14.6. The van der Waals surface area contributed by atoms with E-state index in [1.165, 1.54) is 24.3 Å². The van der Waals surface area contributed by atoms with Gasteiger partial charge in [0.1, 0.15) is 6.61 Å². The Morgan fingerprint density at radius 2 is 1.62 bits per heavy atom. The van der Waals surface area contributed by atoms with E-state index >= 15 is 0 Å². The fraction of sp³-hybridized carbons (Fsp3) is 0.410. The van der Waals surface area contributed by atoms with Gasteiger partial charge in [-0.1, -0.05) is 54.6 Å². The number of nitrogens with one attached hydrogen (secondary N) is 2. The maximum Gasteiger partial charge on any atom is 0.394 e. The second-order valence-corrected chi connectivity index (χ2v) is 16.0. The van der Waals surface area contributed by atoms with Gasteiger partial charge in [-0.3, -0.25) is 4.79 Å². The number of carbonyl (C=O) groups excluding carboxylic acids is 1. The third kappa shape index (κ3) is 7.52. The number of anilines is 1. The van der Waals surface area contributed by atoms with E-state index in [4.69, 9.17) is 4.74 Å². The van der Waals surface area contributed by atoms with Crippen molar-refractivity contribution in [2.75, 3.05) is 11.3 Å². The summed E-state index contributed by atoms with van der Waals surface area (Å²) in [5.41, 5.74) is 2.19. The van der Waals surface area contributed by atoms with Crippen LogP contribution in [0, 0.1) is 19.3 Å². The van der Waals surface area contributed by atoms with Crippen molar-refractivity contribution in [3.63, 3.8) is 0 Å². The van der Waals surface area contributed by atoms with Crippen molar-refractivity contribution in [3.05, 3.63) is 101 Å². The number of aromatic nitrogens is 2. The van der Waals surface area contributed by atoms with Crippen molar-refractivity contribution >= 4 is 21.9 Å². The fourth-order valence-electron chi connectivity index (χ4n) is 7.69. The SMILES string of the molecule is Cc1cccc(C)c1-c1cc2nc(n1)NS(=O)(=O)c1cccc(c1)C(=O)N(C1CCC(NCc3ccccc3)CC1)[C@H](CC1(C(F)(F)F)CC1)CO2. The molecule has 1 aromatic heterocycles. The first-order valence-electron chi connectivity index (χ1n) is 17.7. The normalized spacial score (nSPS) is 22.6. The highest BCUT2D eigenvalue weighted by Crippen LogP contribution is 2.61. The van der Waals surface area contributed by atoms with Crippen molar-refractivity contribution in [2.24, 2.45) is 5.41 Å². The highest BCUT2D eigenvalue weighted by Gasteiger charge is 2.64. The highest BCUT2D eigenvalue weighted by molar-refractivity contribution is 7.92. The number of carbonyl (C=O) groups is 1. The van der Waals surface area contributed by atoms with Gasteiger partial charge in [-0.05, 0) is 93.7 Å². The first-order valence-corrected chi connectivity index (χ1v) is 19.2. The van der Waals surface area contributed by atoms with Gasteiger partial charge in [-0.15, -0.1) is 0 Å². The molecule has 13 heteroatoms. The molecule has 1 aliphatic heterocycles. The lowest BCUT2D eigenvalue weighted by molar-refractivity contribution is -0.193. The molecule has 0 unspecified atom stereocenters. The van der Waals surface area contributed by atoms with Crippen molar-refractivity contribution < 1.29 is 31.1 Å². The molecule has 1 amide bonds. The molecule has 52 heavy (non-hydrogen) atoms. The summed E-state index contributed by atoms with van der Waals surface area (Å²) in [6, 6.07) is 21.7. The molecule has 3 aliphatic rings. The predicted octanol–water partition coefficient (Wildman–Crippen LogP) is 7.60. The van der Waals surface area contributed by atoms with Crippen LogP contribution in [0.2, 0.25) is 0 Å². The van der Waals surface area contributed by atoms with E-state index in [0.717, 1.165) is 22.3 Å². The Hall–Kier alpha value is -4.49. The number of hydrogen-bond donors (Lipinski definition) is 2. The summed E-state index contributed by atoms with van der Waals surface area (Å²) in [7, 11) is -4.29. The summed E-state index contributed by atoms with van der Waals surface area (Å²) >= 11 is 0. The summed E-state index contributed by atoms with van der Waals surface area (Å²) < 4.78 is 79.9. The van der Waals surface area contributed by atoms with Gasteiger partial charge >= 0.3 is 6.18 Å². The quantitative estimate of drug-likeness (QED) is 0.201. The summed E-state index contributed by atoms with van der Waals surface area (Å²) in [6.07, 6.45) is -2.32. The number of hydrogen-bond acceptors (Lipinski definition) is 7. The van der Waals surface area contributed by atoms with Gasteiger partial charge in [0.15, 0.2) is 0 Å². The largest absolute Gasteiger partial charge is 0.475 e. The number of nitrogens with zero attached hydrogens (tertiary/aromatic N) is 3. The van der Waals surface area contributed by atoms with Crippen LogP contribution in [0.3, 0.4) is 0 Å². The first-order chi connectivity index (χ1) is 24.8. The molecule has 4 bridgehead atoms. The molecule has 0 radical (unpaired) electrons. The van der Waals surface area contributed by atoms with E-state index in [-0.39, 0.29) is 54.2 Å². The van der Waals surface area contributed by atoms with Gasteiger partial charge < -0.3 is 15.0 Å². The highest BCUT2D eigenvalue weighted by atomic mass is 32.2. The molecule has 1 atom stereocenters. The Balaban J connectivity index is 1.27. The Bertz CT molecular complexity index is 2030. The molecule has 3 aromatic carbocycles. The van der Waals surface area contributed by atoms with Crippen LogP contribution in [0.5, 0.6) is 5.88 Å². The van der Waals surface area contributed by atoms with Crippen molar-refractivity contribution in [3.8, 4) is 17.1 Å². The lowest BCUT2D eigenvalue weighted by atomic mass is 9.87. The smallest absolute Gasteiger partial charge is 0.394 e. The van der Waals surface area contributed by atoms with Gasteiger partial charge in [0, 0.05) is 35.8 Å². The van der Waals surface area contributed by atoms with Crippen LogP contribution in [0.1, 0.15) is 72.0 Å². The predicted molar refractivity (Wildman–Crippen MR) is 191 cm³/mol. The average molecular weight is 734 g/mol. The van der Waals surface area contributed by atoms with Gasteiger partial charge in [0.05, 0.1) is 22.0 Å². The van der Waals surface area contributed by atoms with Gasteiger partial charge in [0.2, 0.25) is 11.8 Å². The van der Waals surface area contributed by atoms with Crippen molar-refractivity contribution in [2.45, 2.75) is 94.5 Å². The third-order valence-corrected chi connectivity index (χ3v) is 12.0. The zero-order chi connectivity index (χ0) is 36.7. The van der Waals surface area contributed by atoms with Gasteiger partial charge in [-0.2, -0.15) is 18.2 Å². The molecule has 2 saturated carbocycles. The van der Waals surface area contributed by atoms with Gasteiger partial charge in [0.25, 0.3) is 15.9 Å². The Labute approximate surface area is 302 Å². The number of sulfonamides is 1. The van der Waals surface area contributed by atoms with E-state index in [1.807, 2.05) is 62.4 Å². The molecular weight excluding hydrogens is 692 g/mol. The molecule has 274 valence electrons. The third-order valence-electron chi connectivity index (χ3n) is 10.7. The molecule has 0 saturated heterocycles. The molecule has 4 aromatic rings. The monoisotopic (exact) mass is 733 g/mol. The van der Waals surface area contributed by atoms with Crippen LogP contribution in [-0.2, 0) is 16.6 Å². The minimum absolute atomic E-state index is 0.0145. The van der Waals surface area contributed by atoms with Crippen molar-refractivity contribution in [1.29, 1.82) is 0 Å². The topological polar surface area (TPSA) is 114 Å². The van der Waals surface area contributed by atoms with Crippen LogP contribution >= 0.6 is 0 Å². The van der Waals surface area contributed by atoms with E-state index in [2.05, 4.69) is 20.0 Å². The lowest BCUT2D eigenvalue weighted by Crippen LogP contribution is -2.53. The number of rotatable bonds is 7. The molecule has 2 fully saturated rings. The Morgan fingerprint density at radius 1 is 0.923 bits per heavy atom. The van der Waals surface area contributed by atoms with Crippen LogP contribution in [-0.4, -0.2) is 60.1 Å². The summed E-state index contributed by atoms with van der Waals surface area (Å²) in [5.74, 6) is -0.799. The van der Waals surface area contributed by atoms with Crippen LogP contribution in [0.15, 0.2) is 83.8 Å². The summed E-state index contributed by atoms with van der Waals surface area (Å²) in [4.78, 5) is 24.9. The number of alkyl halides is 3. The zero-order valence-corrected chi connectivity index (χ0v) is 29.9. The fourth-order valence-corrected chi connectivity index (χ4v) is 8.68. The van der Waals surface area contributed by atoms with Crippen LogP contribution in [0.4, 0.5) is 19.1 Å². The Kier molecular flexibility index (Phi) is 9.77. The van der Waals surface area contributed by atoms with E-state index in [1.54, 1.807) is 11.0 Å². The average Bonchev–Trinajstić information content (AvgIpc) is 3.91. The number of amides is 1. The lowest BCUT2D eigenvalue weighted by Gasteiger charge is -2.43. The molecule has 9 nitrogen and oxygen atoms in total. The molecule has 2 heterocycles. The first kappa shape index (κ1) is 35.9.